The lowest BCUT2D eigenvalue weighted by molar-refractivity contribution is 0.394. The number of nitrogens with zero attached hydrogens (tertiary/aromatic N) is 2. The van der Waals surface area contributed by atoms with E-state index in [1.807, 2.05) is 23.3 Å². The van der Waals surface area contributed by atoms with Crippen molar-refractivity contribution in [2.75, 3.05) is 18.6 Å². The van der Waals surface area contributed by atoms with Crippen molar-refractivity contribution in [1.82, 2.24) is 8.87 Å². The van der Waals surface area contributed by atoms with Gasteiger partial charge < -0.3 is 10.3 Å². The molecule has 1 aromatic rings. The molecule has 1 aliphatic heterocycles. The Morgan fingerprint density at radius 2 is 2.32 bits per heavy atom. The molecule has 0 bridgehead atoms. The van der Waals surface area contributed by atoms with Gasteiger partial charge in [0.1, 0.15) is 4.90 Å². The predicted molar refractivity (Wildman–Crippen MR) is 78.7 cm³/mol. The number of aryl methyl sites for hydroxylation is 1. The first kappa shape index (κ1) is 14.9. The number of hydrogen-bond donors (Lipinski definition) is 1. The summed E-state index contributed by atoms with van der Waals surface area (Å²) < 4.78 is 28.6. The number of rotatable bonds is 5. The van der Waals surface area contributed by atoms with Crippen LogP contribution < -0.4 is 5.73 Å². The van der Waals surface area contributed by atoms with Gasteiger partial charge in [-0.05, 0) is 25.2 Å². The molecule has 1 saturated heterocycles. The standard InChI is InChI=1S/C12H21N3O2S2/c1-3-15-8-12(6-11(15)7-13)19(16,17)14(2)10-4-5-18-9-10/h6,8,10H,3-5,7,9,13H2,1-2H3. The van der Waals surface area contributed by atoms with Crippen LogP contribution in [0.5, 0.6) is 0 Å². The summed E-state index contributed by atoms with van der Waals surface area (Å²) in [6.07, 6.45) is 2.62. The zero-order valence-corrected chi connectivity index (χ0v) is 13.0. The van der Waals surface area contributed by atoms with Gasteiger partial charge in [0.25, 0.3) is 0 Å². The Morgan fingerprint density at radius 1 is 1.58 bits per heavy atom. The molecule has 1 atom stereocenters. The van der Waals surface area contributed by atoms with Crippen LogP contribution in [0.2, 0.25) is 0 Å². The minimum Gasteiger partial charge on any atom is -0.349 e. The highest BCUT2D eigenvalue weighted by molar-refractivity contribution is 7.99. The van der Waals surface area contributed by atoms with Gasteiger partial charge in [-0.15, -0.1) is 0 Å². The maximum Gasteiger partial charge on any atom is 0.244 e. The van der Waals surface area contributed by atoms with Gasteiger partial charge in [-0.25, -0.2) is 8.42 Å². The molecule has 1 aliphatic rings. The van der Waals surface area contributed by atoms with Gasteiger partial charge in [0.2, 0.25) is 10.0 Å². The van der Waals surface area contributed by atoms with Gasteiger partial charge in [0.05, 0.1) is 0 Å². The third kappa shape index (κ3) is 2.84. The molecule has 1 aromatic heterocycles. The van der Waals surface area contributed by atoms with Crippen LogP contribution in [0.15, 0.2) is 17.2 Å². The summed E-state index contributed by atoms with van der Waals surface area (Å²) in [5.74, 6) is 1.92. The highest BCUT2D eigenvalue weighted by Gasteiger charge is 2.31. The summed E-state index contributed by atoms with van der Waals surface area (Å²) in [4.78, 5) is 0.356. The van der Waals surface area contributed by atoms with E-state index in [4.69, 9.17) is 5.73 Å². The molecule has 0 amide bonds. The molecule has 0 saturated carbocycles. The summed E-state index contributed by atoms with van der Waals surface area (Å²) in [7, 11) is -1.72. The van der Waals surface area contributed by atoms with Crippen molar-refractivity contribution in [3.8, 4) is 0 Å². The fourth-order valence-electron chi connectivity index (χ4n) is 2.30. The van der Waals surface area contributed by atoms with E-state index in [0.29, 0.717) is 11.4 Å². The van der Waals surface area contributed by atoms with Crippen LogP contribution in [0.25, 0.3) is 0 Å². The monoisotopic (exact) mass is 303 g/mol. The Bertz CT molecular complexity index is 512. The van der Waals surface area contributed by atoms with Gasteiger partial charge >= 0.3 is 0 Å². The molecule has 0 aromatic carbocycles. The highest BCUT2D eigenvalue weighted by Crippen LogP contribution is 2.27. The van der Waals surface area contributed by atoms with Crippen molar-refractivity contribution in [3.05, 3.63) is 18.0 Å². The van der Waals surface area contributed by atoms with Gasteiger partial charge in [0.15, 0.2) is 0 Å². The molecule has 7 heteroatoms. The largest absolute Gasteiger partial charge is 0.349 e. The second kappa shape index (κ2) is 5.87. The second-order valence-electron chi connectivity index (χ2n) is 4.70. The van der Waals surface area contributed by atoms with E-state index < -0.39 is 10.0 Å². The summed E-state index contributed by atoms with van der Waals surface area (Å²) in [6, 6.07) is 1.80. The van der Waals surface area contributed by atoms with Crippen LogP contribution in [0.1, 0.15) is 19.0 Å². The van der Waals surface area contributed by atoms with E-state index in [-0.39, 0.29) is 6.04 Å². The van der Waals surface area contributed by atoms with E-state index in [9.17, 15) is 8.42 Å². The molecule has 2 heterocycles. The van der Waals surface area contributed by atoms with Gasteiger partial charge in [-0.3, -0.25) is 0 Å². The third-order valence-electron chi connectivity index (χ3n) is 3.61. The molecule has 108 valence electrons. The molecule has 2 rings (SSSR count). The lowest BCUT2D eigenvalue weighted by atomic mass is 10.3. The first-order valence-electron chi connectivity index (χ1n) is 6.45. The first-order chi connectivity index (χ1) is 9.00. The molecule has 1 fully saturated rings. The van der Waals surface area contributed by atoms with E-state index in [2.05, 4.69) is 0 Å². The molecule has 0 radical (unpaired) electrons. The normalized spacial score (nSPS) is 20.3. The fourth-order valence-corrected chi connectivity index (χ4v) is 5.12. The number of thioether (sulfide) groups is 1. The molecule has 1 unspecified atom stereocenters. The summed E-state index contributed by atoms with van der Waals surface area (Å²) in [5, 5.41) is 0. The van der Waals surface area contributed by atoms with Crippen molar-refractivity contribution < 1.29 is 8.42 Å². The van der Waals surface area contributed by atoms with Crippen molar-refractivity contribution in [2.45, 2.75) is 37.4 Å². The predicted octanol–water partition coefficient (Wildman–Crippen LogP) is 1.09. The first-order valence-corrected chi connectivity index (χ1v) is 9.05. The Balaban J connectivity index is 2.30. The topological polar surface area (TPSA) is 68.3 Å². The fraction of sp³-hybridized carbons (Fsp3) is 0.667. The SMILES string of the molecule is CCn1cc(S(=O)(=O)N(C)C2CCSC2)cc1CN. The lowest BCUT2D eigenvalue weighted by Gasteiger charge is -2.22. The molecule has 5 nitrogen and oxygen atoms in total. The van der Waals surface area contributed by atoms with Crippen molar-refractivity contribution in [1.29, 1.82) is 0 Å². The number of hydrogen-bond acceptors (Lipinski definition) is 4. The maximum absolute atomic E-state index is 12.6. The minimum atomic E-state index is -3.40. The summed E-state index contributed by atoms with van der Waals surface area (Å²) in [5.41, 5.74) is 6.51. The van der Waals surface area contributed by atoms with E-state index in [0.717, 1.165) is 30.2 Å². The number of nitrogens with two attached hydrogens (primary N) is 1. The van der Waals surface area contributed by atoms with E-state index in [1.54, 1.807) is 19.3 Å². The van der Waals surface area contributed by atoms with Crippen LogP contribution in [0.4, 0.5) is 0 Å². The van der Waals surface area contributed by atoms with Crippen LogP contribution in [0, 0.1) is 0 Å². The molecule has 0 aliphatic carbocycles. The Hall–Kier alpha value is -0.500. The molecule has 19 heavy (non-hydrogen) atoms. The number of sulfonamides is 1. The highest BCUT2D eigenvalue weighted by atomic mass is 32.2. The maximum atomic E-state index is 12.6. The molecular formula is C12H21N3O2S2. The average Bonchev–Trinajstić information content (AvgIpc) is 3.06. The summed E-state index contributed by atoms with van der Waals surface area (Å²) >= 11 is 1.81. The van der Waals surface area contributed by atoms with Crippen LogP contribution in [-0.4, -0.2) is 41.9 Å². The zero-order chi connectivity index (χ0) is 14.0. The van der Waals surface area contributed by atoms with E-state index >= 15 is 0 Å². The van der Waals surface area contributed by atoms with Crippen molar-refractivity contribution >= 4 is 21.8 Å². The summed E-state index contributed by atoms with van der Waals surface area (Å²) in [6.45, 7) is 3.06. The van der Waals surface area contributed by atoms with Crippen LogP contribution in [-0.2, 0) is 23.1 Å². The van der Waals surface area contributed by atoms with Gasteiger partial charge in [0, 0.05) is 43.8 Å². The number of aromatic nitrogens is 1. The van der Waals surface area contributed by atoms with Crippen molar-refractivity contribution in [3.63, 3.8) is 0 Å². The zero-order valence-electron chi connectivity index (χ0n) is 11.4. The Labute approximate surface area is 119 Å². The lowest BCUT2D eigenvalue weighted by Crippen LogP contribution is -2.36. The third-order valence-corrected chi connectivity index (χ3v) is 6.63. The molecular weight excluding hydrogens is 282 g/mol. The molecule has 0 spiro atoms. The van der Waals surface area contributed by atoms with Crippen LogP contribution in [0.3, 0.4) is 0 Å². The average molecular weight is 303 g/mol. The quantitative estimate of drug-likeness (QED) is 0.884. The smallest absolute Gasteiger partial charge is 0.244 e. The van der Waals surface area contributed by atoms with Crippen LogP contribution >= 0.6 is 11.8 Å². The van der Waals surface area contributed by atoms with E-state index in [1.165, 1.54) is 4.31 Å². The second-order valence-corrected chi connectivity index (χ2v) is 7.84. The van der Waals surface area contributed by atoms with Gasteiger partial charge in [-0.2, -0.15) is 16.1 Å². The Morgan fingerprint density at radius 3 is 2.79 bits per heavy atom. The Kier molecular flexibility index (Phi) is 4.60. The van der Waals surface area contributed by atoms with Crippen molar-refractivity contribution in [2.24, 2.45) is 5.73 Å². The molecule has 2 N–H and O–H groups in total. The minimum absolute atomic E-state index is 0.112. The van der Waals surface area contributed by atoms with Gasteiger partial charge in [-0.1, -0.05) is 0 Å².